The van der Waals surface area contributed by atoms with E-state index in [4.69, 9.17) is 20.9 Å². The minimum absolute atomic E-state index is 0.0579. The van der Waals surface area contributed by atoms with E-state index in [1.54, 1.807) is 24.0 Å². The third kappa shape index (κ3) is 5.35. The van der Waals surface area contributed by atoms with Crippen molar-refractivity contribution >= 4 is 17.5 Å². The fraction of sp³-hybridized carbons (Fsp3) is 0.318. The van der Waals surface area contributed by atoms with E-state index in [0.717, 1.165) is 11.1 Å². The van der Waals surface area contributed by atoms with E-state index in [9.17, 15) is 4.79 Å². The van der Waals surface area contributed by atoms with Gasteiger partial charge in [-0.1, -0.05) is 34.5 Å². The molecule has 3 rings (SSSR count). The number of carbonyl (C=O) groups excluding carboxylic acids is 1. The molecule has 7 heteroatoms. The lowest BCUT2D eigenvalue weighted by Gasteiger charge is -2.28. The number of hydrogen-bond acceptors (Lipinski definition) is 5. The van der Waals surface area contributed by atoms with Crippen LogP contribution in [0.1, 0.15) is 32.2 Å². The number of benzene rings is 2. The molecule has 1 heterocycles. The summed E-state index contributed by atoms with van der Waals surface area (Å²) < 4.78 is 11.2. The van der Waals surface area contributed by atoms with E-state index in [0.29, 0.717) is 22.5 Å². The van der Waals surface area contributed by atoms with Gasteiger partial charge in [0.05, 0.1) is 0 Å². The van der Waals surface area contributed by atoms with E-state index in [-0.39, 0.29) is 18.5 Å². The first-order valence-corrected chi connectivity index (χ1v) is 9.83. The molecule has 0 fully saturated rings. The highest BCUT2D eigenvalue weighted by Crippen LogP contribution is 2.20. The molecule has 1 atom stereocenters. The maximum Gasteiger partial charge on any atom is 0.264 e. The largest absolute Gasteiger partial charge is 0.481 e. The first-order chi connectivity index (χ1) is 13.8. The topological polar surface area (TPSA) is 68.5 Å². The molecule has 0 spiro atoms. The minimum atomic E-state index is -0.640. The monoisotopic (exact) mass is 413 g/mol. The van der Waals surface area contributed by atoms with Crippen LogP contribution in [0.5, 0.6) is 5.75 Å². The molecule has 0 bridgehead atoms. The second-order valence-electron chi connectivity index (χ2n) is 7.15. The Morgan fingerprint density at radius 3 is 2.38 bits per heavy atom. The van der Waals surface area contributed by atoms with E-state index in [1.165, 1.54) is 0 Å². The lowest BCUT2D eigenvalue weighted by Crippen LogP contribution is -2.43. The molecular formula is C22H24ClN3O3. The van der Waals surface area contributed by atoms with Gasteiger partial charge in [0.25, 0.3) is 5.91 Å². The molecule has 1 aromatic heterocycles. The van der Waals surface area contributed by atoms with E-state index in [2.05, 4.69) is 10.1 Å². The lowest BCUT2D eigenvalue weighted by molar-refractivity contribution is -0.140. The van der Waals surface area contributed by atoms with Gasteiger partial charge in [0.2, 0.25) is 11.7 Å². The van der Waals surface area contributed by atoms with Crippen molar-refractivity contribution in [2.24, 2.45) is 0 Å². The summed E-state index contributed by atoms with van der Waals surface area (Å²) in [7, 11) is 0. The summed E-state index contributed by atoms with van der Waals surface area (Å²) in [4.78, 5) is 19.0. The van der Waals surface area contributed by atoms with Gasteiger partial charge < -0.3 is 14.2 Å². The Hall–Kier alpha value is -2.86. The predicted molar refractivity (Wildman–Crippen MR) is 112 cm³/mol. The lowest BCUT2D eigenvalue weighted by atomic mass is 10.2. The maximum absolute atomic E-state index is 13.0. The van der Waals surface area contributed by atoms with E-state index < -0.39 is 6.10 Å². The highest BCUT2D eigenvalue weighted by molar-refractivity contribution is 6.30. The molecule has 29 heavy (non-hydrogen) atoms. The van der Waals surface area contributed by atoms with Gasteiger partial charge in [0, 0.05) is 16.6 Å². The highest BCUT2D eigenvalue weighted by atomic mass is 35.5. The predicted octanol–water partition coefficient (Wildman–Crippen LogP) is 4.90. The van der Waals surface area contributed by atoms with Gasteiger partial charge in [-0.2, -0.15) is 4.98 Å². The zero-order valence-electron chi connectivity index (χ0n) is 16.9. The summed E-state index contributed by atoms with van der Waals surface area (Å²) in [6.45, 7) is 7.82. The molecule has 0 aliphatic carbocycles. The third-order valence-electron chi connectivity index (χ3n) is 4.46. The van der Waals surface area contributed by atoms with Crippen LogP contribution in [-0.2, 0) is 11.3 Å². The van der Waals surface area contributed by atoms with Crippen molar-refractivity contribution in [2.75, 3.05) is 0 Å². The molecule has 6 nitrogen and oxygen atoms in total. The molecule has 0 aliphatic heterocycles. The number of aromatic nitrogens is 2. The summed E-state index contributed by atoms with van der Waals surface area (Å²) in [5.74, 6) is 1.33. The van der Waals surface area contributed by atoms with Crippen LogP contribution in [0, 0.1) is 6.92 Å². The van der Waals surface area contributed by atoms with Crippen LogP contribution in [0.15, 0.2) is 53.1 Å². The van der Waals surface area contributed by atoms with Crippen molar-refractivity contribution in [2.45, 2.75) is 46.4 Å². The van der Waals surface area contributed by atoms with Gasteiger partial charge in [0.1, 0.15) is 12.3 Å². The fourth-order valence-corrected chi connectivity index (χ4v) is 2.93. The number of aryl methyl sites for hydroxylation is 1. The Balaban J connectivity index is 1.70. The average molecular weight is 414 g/mol. The standard InChI is InChI=1S/C22H24ClN3O3/c1-14(2)26(22(27)16(4)28-19-11-5-15(3)6-12-19)13-20-24-21(25-29-20)17-7-9-18(23)10-8-17/h5-12,14,16H,13H2,1-4H3. The average Bonchev–Trinajstić information content (AvgIpc) is 3.16. The first kappa shape index (κ1) is 20.9. The van der Waals surface area contributed by atoms with Crippen LogP contribution >= 0.6 is 11.6 Å². The zero-order valence-corrected chi connectivity index (χ0v) is 17.7. The quantitative estimate of drug-likeness (QED) is 0.550. The molecule has 1 amide bonds. The Morgan fingerprint density at radius 1 is 1.10 bits per heavy atom. The molecule has 0 radical (unpaired) electrons. The molecule has 152 valence electrons. The van der Waals surface area contributed by atoms with Gasteiger partial charge in [-0.05, 0) is 64.1 Å². The number of nitrogens with zero attached hydrogens (tertiary/aromatic N) is 3. The number of halogens is 1. The van der Waals surface area contributed by atoms with Gasteiger partial charge in [-0.15, -0.1) is 0 Å². The van der Waals surface area contributed by atoms with Crippen molar-refractivity contribution in [3.05, 3.63) is 65.0 Å². The summed E-state index contributed by atoms with van der Waals surface area (Å²) in [6, 6.07) is 14.7. The molecule has 0 saturated carbocycles. The highest BCUT2D eigenvalue weighted by Gasteiger charge is 2.26. The fourth-order valence-electron chi connectivity index (χ4n) is 2.80. The van der Waals surface area contributed by atoms with Crippen molar-refractivity contribution in [1.82, 2.24) is 15.0 Å². The van der Waals surface area contributed by atoms with Crippen molar-refractivity contribution in [1.29, 1.82) is 0 Å². The SMILES string of the molecule is Cc1ccc(OC(C)C(=O)N(Cc2nc(-c3ccc(Cl)cc3)no2)C(C)C)cc1. The van der Waals surface area contributed by atoms with Crippen LogP contribution in [0.4, 0.5) is 0 Å². The Morgan fingerprint density at radius 2 is 1.76 bits per heavy atom. The number of rotatable bonds is 7. The van der Waals surface area contributed by atoms with Crippen molar-refractivity contribution in [3.8, 4) is 17.1 Å². The second kappa shape index (κ2) is 9.09. The smallest absolute Gasteiger partial charge is 0.264 e. The number of hydrogen-bond donors (Lipinski definition) is 0. The summed E-state index contributed by atoms with van der Waals surface area (Å²) in [6.07, 6.45) is -0.640. The normalized spacial score (nSPS) is 12.1. The van der Waals surface area contributed by atoms with Crippen molar-refractivity contribution < 1.29 is 14.1 Å². The molecule has 0 N–H and O–H groups in total. The van der Waals surface area contributed by atoms with Crippen LogP contribution < -0.4 is 4.74 Å². The van der Waals surface area contributed by atoms with E-state index >= 15 is 0 Å². The minimum Gasteiger partial charge on any atom is -0.481 e. The number of carbonyl (C=O) groups is 1. The van der Waals surface area contributed by atoms with Gasteiger partial charge >= 0.3 is 0 Å². The van der Waals surface area contributed by atoms with Gasteiger partial charge in [0.15, 0.2) is 6.10 Å². The van der Waals surface area contributed by atoms with Gasteiger partial charge in [-0.3, -0.25) is 4.79 Å². The summed E-state index contributed by atoms with van der Waals surface area (Å²) in [5.41, 5.74) is 1.93. The summed E-state index contributed by atoms with van der Waals surface area (Å²) >= 11 is 5.92. The number of ether oxygens (including phenoxy) is 1. The molecule has 1 unspecified atom stereocenters. The Labute approximate surface area is 175 Å². The zero-order chi connectivity index (χ0) is 21.0. The van der Waals surface area contributed by atoms with Crippen LogP contribution in [0.3, 0.4) is 0 Å². The van der Waals surface area contributed by atoms with E-state index in [1.807, 2.05) is 57.2 Å². The Bertz CT molecular complexity index is 952. The number of amides is 1. The van der Waals surface area contributed by atoms with Crippen LogP contribution in [-0.4, -0.2) is 33.1 Å². The molecular weight excluding hydrogens is 390 g/mol. The third-order valence-corrected chi connectivity index (χ3v) is 4.72. The van der Waals surface area contributed by atoms with Crippen LogP contribution in [0.25, 0.3) is 11.4 Å². The maximum atomic E-state index is 13.0. The van der Waals surface area contributed by atoms with Crippen LogP contribution in [0.2, 0.25) is 5.02 Å². The molecule has 3 aromatic rings. The second-order valence-corrected chi connectivity index (χ2v) is 7.59. The first-order valence-electron chi connectivity index (χ1n) is 9.46. The summed E-state index contributed by atoms with van der Waals surface area (Å²) in [5, 5.41) is 4.65. The molecule has 0 aliphatic rings. The Kier molecular flexibility index (Phi) is 6.54. The molecule has 2 aromatic carbocycles. The van der Waals surface area contributed by atoms with Crippen molar-refractivity contribution in [3.63, 3.8) is 0 Å². The van der Waals surface area contributed by atoms with Gasteiger partial charge in [-0.25, -0.2) is 0 Å². The molecule has 0 saturated heterocycles.